The van der Waals surface area contributed by atoms with Crippen LogP contribution < -0.4 is 0 Å². The average molecular weight is 669 g/mol. The Balaban J connectivity index is 4.01. The molecule has 0 heterocycles. The van der Waals surface area contributed by atoms with Gasteiger partial charge in [0.05, 0.1) is 6.61 Å². The summed E-state index contributed by atoms with van der Waals surface area (Å²) in [5.74, 6) is -0.912. The molecular weight excluding hydrogens is 603 g/mol. The van der Waals surface area contributed by atoms with Gasteiger partial charge in [0.2, 0.25) is 0 Å². The van der Waals surface area contributed by atoms with Crippen LogP contribution in [0, 0.1) is 0 Å². The van der Waals surface area contributed by atoms with Crippen LogP contribution in [0.25, 0.3) is 0 Å². The van der Waals surface area contributed by atoms with Gasteiger partial charge in [0.1, 0.15) is 6.61 Å². The summed E-state index contributed by atoms with van der Waals surface area (Å²) in [5.41, 5.74) is 0. The third-order valence-electron chi connectivity index (χ3n) is 7.33. The molecule has 0 rings (SSSR count). The van der Waals surface area contributed by atoms with Crippen molar-refractivity contribution in [3.8, 4) is 0 Å². The van der Waals surface area contributed by atoms with Crippen molar-refractivity contribution >= 4 is 19.8 Å². The summed E-state index contributed by atoms with van der Waals surface area (Å²) in [6.07, 6.45) is 38.3. The first kappa shape index (κ1) is 44.0. The van der Waals surface area contributed by atoms with Gasteiger partial charge in [-0.15, -0.1) is 0 Å². The van der Waals surface area contributed by atoms with E-state index in [1.54, 1.807) is 0 Å². The first-order chi connectivity index (χ1) is 22.3. The van der Waals surface area contributed by atoms with Crippen molar-refractivity contribution in [2.75, 3.05) is 13.2 Å². The SMILES string of the molecule is CC/C=C\C/C=C\C/C=C\CCCCCCCCCC(=O)OC(COC(=O)CCCCCCC/C=C\CCCC)COP(=O)(O)O. The van der Waals surface area contributed by atoms with Gasteiger partial charge in [0.15, 0.2) is 6.10 Å². The molecule has 1 atom stereocenters. The van der Waals surface area contributed by atoms with E-state index in [0.29, 0.717) is 12.8 Å². The minimum absolute atomic E-state index is 0.197. The first-order valence-corrected chi connectivity index (χ1v) is 19.5. The summed E-state index contributed by atoms with van der Waals surface area (Å²) in [7, 11) is -4.75. The highest BCUT2D eigenvalue weighted by atomic mass is 31.2. The van der Waals surface area contributed by atoms with Gasteiger partial charge in [-0.3, -0.25) is 14.1 Å². The third-order valence-corrected chi connectivity index (χ3v) is 7.82. The Morgan fingerprint density at radius 1 is 0.587 bits per heavy atom. The fraction of sp³-hybridized carbons (Fsp3) is 0.730. The van der Waals surface area contributed by atoms with Crippen molar-refractivity contribution in [1.82, 2.24) is 0 Å². The second kappa shape index (κ2) is 32.9. The Kier molecular flexibility index (Phi) is 31.5. The molecular formula is C37H65O8P. The number of carbonyl (C=O) groups is 2. The second-order valence-corrected chi connectivity index (χ2v) is 13.0. The Bertz CT molecular complexity index is 890. The van der Waals surface area contributed by atoms with E-state index in [1.165, 1.54) is 32.1 Å². The largest absolute Gasteiger partial charge is 0.469 e. The molecule has 0 aromatic rings. The fourth-order valence-corrected chi connectivity index (χ4v) is 5.02. The predicted octanol–water partition coefficient (Wildman–Crippen LogP) is 10.4. The van der Waals surface area contributed by atoms with Gasteiger partial charge in [0, 0.05) is 12.8 Å². The molecule has 0 radical (unpaired) electrons. The molecule has 8 nitrogen and oxygen atoms in total. The standard InChI is InChI=1S/C37H65O8P/c1-3-5-7-9-11-13-15-16-17-18-19-20-22-24-26-28-30-32-37(39)45-35(34-44-46(40,41)42)33-43-36(38)31-29-27-25-23-21-14-12-10-8-6-4-2/h5,7,10-13,16-17,35H,3-4,6,8-9,14-15,18-34H2,1-2H3,(H2,40,41,42)/b7-5-,12-10-,13-11-,17-16-. The van der Waals surface area contributed by atoms with Crippen LogP contribution in [-0.4, -0.2) is 41.0 Å². The topological polar surface area (TPSA) is 119 Å². The Labute approximate surface area is 280 Å². The highest BCUT2D eigenvalue weighted by molar-refractivity contribution is 7.46. The molecule has 0 aliphatic heterocycles. The van der Waals surface area contributed by atoms with Crippen LogP contribution in [-0.2, 0) is 28.2 Å². The number of rotatable bonds is 32. The van der Waals surface area contributed by atoms with E-state index in [1.807, 2.05) is 0 Å². The van der Waals surface area contributed by atoms with Crippen LogP contribution in [0.15, 0.2) is 48.6 Å². The predicted molar refractivity (Wildman–Crippen MR) is 188 cm³/mol. The number of phosphoric acid groups is 1. The zero-order chi connectivity index (χ0) is 34.0. The summed E-state index contributed by atoms with van der Waals surface area (Å²) in [4.78, 5) is 42.6. The first-order valence-electron chi connectivity index (χ1n) is 17.9. The Morgan fingerprint density at radius 2 is 1.04 bits per heavy atom. The van der Waals surface area contributed by atoms with E-state index in [9.17, 15) is 14.2 Å². The maximum atomic E-state index is 12.3. The average Bonchev–Trinajstić information content (AvgIpc) is 3.02. The number of hydrogen-bond acceptors (Lipinski definition) is 6. The number of carbonyl (C=O) groups excluding carboxylic acids is 2. The quantitative estimate of drug-likeness (QED) is 0.0315. The van der Waals surface area contributed by atoms with Gasteiger partial charge in [-0.05, 0) is 64.2 Å². The number of ether oxygens (including phenoxy) is 2. The van der Waals surface area contributed by atoms with Gasteiger partial charge in [-0.1, -0.05) is 127 Å². The number of allylic oxidation sites excluding steroid dienone is 8. The molecule has 46 heavy (non-hydrogen) atoms. The smallest absolute Gasteiger partial charge is 0.462 e. The van der Waals surface area contributed by atoms with Crippen LogP contribution in [0.1, 0.15) is 155 Å². The van der Waals surface area contributed by atoms with Crippen molar-refractivity contribution in [3.63, 3.8) is 0 Å². The fourth-order valence-electron chi connectivity index (χ4n) is 4.66. The van der Waals surface area contributed by atoms with E-state index in [4.69, 9.17) is 19.3 Å². The lowest BCUT2D eigenvalue weighted by Gasteiger charge is -2.18. The molecule has 2 N–H and O–H groups in total. The van der Waals surface area contributed by atoms with Crippen molar-refractivity contribution in [2.24, 2.45) is 0 Å². The lowest BCUT2D eigenvalue weighted by Crippen LogP contribution is -2.29. The zero-order valence-corrected chi connectivity index (χ0v) is 29.9. The minimum Gasteiger partial charge on any atom is -0.462 e. The molecule has 0 amide bonds. The van der Waals surface area contributed by atoms with Crippen LogP contribution in [0.5, 0.6) is 0 Å². The highest BCUT2D eigenvalue weighted by Gasteiger charge is 2.22. The number of phosphoric ester groups is 1. The molecule has 0 saturated heterocycles. The lowest BCUT2D eigenvalue weighted by molar-refractivity contribution is -0.161. The molecule has 0 aromatic carbocycles. The molecule has 0 spiro atoms. The summed E-state index contributed by atoms with van der Waals surface area (Å²) >= 11 is 0. The summed E-state index contributed by atoms with van der Waals surface area (Å²) < 4.78 is 26.2. The molecule has 0 bridgehead atoms. The van der Waals surface area contributed by atoms with Crippen LogP contribution in [0.2, 0.25) is 0 Å². The summed E-state index contributed by atoms with van der Waals surface area (Å²) in [6, 6.07) is 0. The maximum Gasteiger partial charge on any atom is 0.469 e. The highest BCUT2D eigenvalue weighted by Crippen LogP contribution is 2.36. The van der Waals surface area contributed by atoms with Gasteiger partial charge in [-0.25, -0.2) is 4.57 Å². The summed E-state index contributed by atoms with van der Waals surface area (Å²) in [5, 5.41) is 0. The molecule has 1 unspecified atom stereocenters. The molecule has 0 saturated carbocycles. The van der Waals surface area contributed by atoms with E-state index < -0.39 is 32.5 Å². The van der Waals surface area contributed by atoms with E-state index in [-0.39, 0.29) is 19.4 Å². The third kappa shape index (κ3) is 34.9. The Hall–Kier alpha value is -1.99. The Morgan fingerprint density at radius 3 is 1.59 bits per heavy atom. The maximum absolute atomic E-state index is 12.3. The van der Waals surface area contributed by atoms with Gasteiger partial charge < -0.3 is 19.3 Å². The minimum atomic E-state index is -4.75. The van der Waals surface area contributed by atoms with Gasteiger partial charge in [-0.2, -0.15) is 0 Å². The van der Waals surface area contributed by atoms with Crippen molar-refractivity contribution in [2.45, 2.75) is 161 Å². The molecule has 266 valence electrons. The number of hydrogen-bond donors (Lipinski definition) is 2. The zero-order valence-electron chi connectivity index (χ0n) is 29.0. The van der Waals surface area contributed by atoms with Crippen molar-refractivity contribution < 1.29 is 37.9 Å². The molecule has 9 heteroatoms. The van der Waals surface area contributed by atoms with Crippen LogP contribution in [0.4, 0.5) is 0 Å². The number of esters is 2. The molecule has 0 aliphatic rings. The van der Waals surface area contributed by atoms with Crippen molar-refractivity contribution in [3.05, 3.63) is 48.6 Å². The van der Waals surface area contributed by atoms with Crippen LogP contribution in [0.3, 0.4) is 0 Å². The van der Waals surface area contributed by atoms with Gasteiger partial charge >= 0.3 is 19.8 Å². The second-order valence-electron chi connectivity index (χ2n) is 11.8. The van der Waals surface area contributed by atoms with Gasteiger partial charge in [0.25, 0.3) is 0 Å². The monoisotopic (exact) mass is 668 g/mol. The lowest BCUT2D eigenvalue weighted by atomic mass is 10.1. The normalized spacial score (nSPS) is 13.0. The van der Waals surface area contributed by atoms with Crippen molar-refractivity contribution in [1.29, 1.82) is 0 Å². The molecule has 0 aliphatic carbocycles. The van der Waals surface area contributed by atoms with E-state index in [2.05, 4.69) is 67.0 Å². The molecule has 0 aromatic heterocycles. The summed E-state index contributed by atoms with van der Waals surface area (Å²) in [6.45, 7) is 3.50. The molecule has 0 fully saturated rings. The van der Waals surface area contributed by atoms with Crippen LogP contribution >= 0.6 is 7.82 Å². The number of unbranched alkanes of at least 4 members (excludes halogenated alkanes) is 14. The van der Waals surface area contributed by atoms with E-state index >= 15 is 0 Å². The van der Waals surface area contributed by atoms with E-state index in [0.717, 1.165) is 83.5 Å².